The van der Waals surface area contributed by atoms with Crippen molar-refractivity contribution < 1.29 is 28.6 Å². The largest absolute Gasteiger partial charge is 0.462 e. The van der Waals surface area contributed by atoms with E-state index in [0.29, 0.717) is 19.3 Å². The molecule has 1 unspecified atom stereocenters. The third-order valence-electron chi connectivity index (χ3n) is 13.9. The molecule has 0 aromatic carbocycles. The summed E-state index contributed by atoms with van der Waals surface area (Å²) in [5.41, 5.74) is 0. The van der Waals surface area contributed by atoms with Gasteiger partial charge in [0.2, 0.25) is 0 Å². The van der Waals surface area contributed by atoms with Crippen LogP contribution in [0.15, 0.2) is 134 Å². The maximum absolute atomic E-state index is 12.9. The Morgan fingerprint density at radius 2 is 0.487 bits per heavy atom. The Balaban J connectivity index is 4.22. The number of allylic oxidation sites excluding steroid dienone is 22. The first-order valence-corrected chi connectivity index (χ1v) is 33.2. The summed E-state index contributed by atoms with van der Waals surface area (Å²) in [6, 6.07) is 0. The summed E-state index contributed by atoms with van der Waals surface area (Å²) in [5.74, 6) is -0.899. The van der Waals surface area contributed by atoms with Crippen molar-refractivity contribution in [1.82, 2.24) is 0 Å². The third-order valence-corrected chi connectivity index (χ3v) is 13.9. The van der Waals surface area contributed by atoms with Crippen LogP contribution in [-0.4, -0.2) is 37.2 Å². The molecule has 6 heteroatoms. The fourth-order valence-corrected chi connectivity index (χ4v) is 9.00. The zero-order valence-corrected chi connectivity index (χ0v) is 52.0. The van der Waals surface area contributed by atoms with Crippen LogP contribution in [0, 0.1) is 0 Å². The molecule has 0 aliphatic rings. The van der Waals surface area contributed by atoms with Gasteiger partial charge in [0, 0.05) is 19.3 Å². The number of ether oxygens (including phenoxy) is 3. The average Bonchev–Trinajstić information content (AvgIpc) is 3.46. The number of hydrogen-bond acceptors (Lipinski definition) is 6. The number of carbonyl (C=O) groups excluding carboxylic acids is 3. The van der Waals surface area contributed by atoms with Crippen LogP contribution in [0.3, 0.4) is 0 Å². The van der Waals surface area contributed by atoms with Crippen LogP contribution in [0.25, 0.3) is 0 Å². The molecule has 0 saturated carbocycles. The summed E-state index contributed by atoms with van der Waals surface area (Å²) in [6.45, 7) is 6.40. The van der Waals surface area contributed by atoms with E-state index in [1.54, 1.807) is 0 Å². The van der Waals surface area contributed by atoms with Gasteiger partial charge in [0.25, 0.3) is 0 Å². The second-order valence-electron chi connectivity index (χ2n) is 21.6. The normalized spacial score (nSPS) is 13.0. The number of hydrogen-bond donors (Lipinski definition) is 0. The molecule has 0 fully saturated rings. The number of carbonyl (C=O) groups is 3. The fourth-order valence-electron chi connectivity index (χ4n) is 9.00. The van der Waals surface area contributed by atoms with Crippen LogP contribution in [0.4, 0.5) is 0 Å². The summed E-state index contributed by atoms with van der Waals surface area (Å²) < 4.78 is 16.9. The first-order chi connectivity index (χ1) is 39.5. The molecule has 0 aliphatic heterocycles. The molecule has 80 heavy (non-hydrogen) atoms. The average molecular weight is 1110 g/mol. The molecule has 0 spiro atoms. The van der Waals surface area contributed by atoms with E-state index in [1.165, 1.54) is 116 Å². The van der Waals surface area contributed by atoms with Crippen LogP contribution in [-0.2, 0) is 28.6 Å². The van der Waals surface area contributed by atoms with Crippen molar-refractivity contribution in [3.05, 3.63) is 134 Å². The topological polar surface area (TPSA) is 78.9 Å². The second-order valence-corrected chi connectivity index (χ2v) is 21.6. The molecule has 0 saturated heterocycles. The van der Waals surface area contributed by atoms with Crippen LogP contribution in [0.5, 0.6) is 0 Å². The molecular weight excluding hydrogens is 985 g/mol. The number of unbranched alkanes of at least 4 members (excludes halogenated alkanes) is 26. The van der Waals surface area contributed by atoms with Gasteiger partial charge in [-0.15, -0.1) is 0 Å². The molecule has 0 aliphatic carbocycles. The van der Waals surface area contributed by atoms with Crippen LogP contribution in [0.2, 0.25) is 0 Å². The lowest BCUT2D eigenvalue weighted by molar-refractivity contribution is -0.167. The molecule has 0 amide bonds. The lowest BCUT2D eigenvalue weighted by Gasteiger charge is -2.18. The monoisotopic (exact) mass is 1110 g/mol. The first kappa shape index (κ1) is 75.5. The van der Waals surface area contributed by atoms with E-state index in [1.807, 2.05) is 0 Å². The predicted octanol–water partition coefficient (Wildman–Crippen LogP) is 22.9. The van der Waals surface area contributed by atoms with Gasteiger partial charge in [0.05, 0.1) is 0 Å². The minimum atomic E-state index is -0.789. The van der Waals surface area contributed by atoms with Crippen molar-refractivity contribution in [3.63, 3.8) is 0 Å². The standard InChI is InChI=1S/C74H122O6/c1-4-7-10-13-16-19-22-24-26-28-30-31-32-33-34-35-36-37-38-39-40-41-42-43-45-46-48-50-52-55-58-61-64-67-73(76)79-70-71(69-78-72(75)66-63-60-57-54-21-18-15-12-9-6-3)80-74(77)68-65-62-59-56-53-51-49-47-44-29-27-25-23-20-17-14-11-8-5-2/h7-8,10-11,16-17,19-20,24-27,30-31,33-34,36-37,39-40,44,47,71H,4-6,9,12-15,18,21-23,28-29,32,35,38,41-43,45-46,48-70H2,1-3H3/b10-7-,11-8-,19-16-,20-17-,26-24-,27-25-,31-30-,34-33-,37-36-,40-39-,47-44-. The van der Waals surface area contributed by atoms with E-state index in [0.717, 1.165) is 141 Å². The van der Waals surface area contributed by atoms with Gasteiger partial charge in [0.15, 0.2) is 6.10 Å². The number of rotatable bonds is 59. The molecule has 0 aromatic heterocycles. The summed E-state index contributed by atoms with van der Waals surface area (Å²) in [6.07, 6.45) is 94.7. The zero-order chi connectivity index (χ0) is 57.8. The Kier molecular flexibility index (Phi) is 63.3. The summed E-state index contributed by atoms with van der Waals surface area (Å²) in [5, 5.41) is 0. The molecule has 0 bridgehead atoms. The van der Waals surface area contributed by atoms with Crippen molar-refractivity contribution >= 4 is 17.9 Å². The molecule has 0 aromatic rings. The Morgan fingerprint density at radius 1 is 0.263 bits per heavy atom. The molecule has 0 N–H and O–H groups in total. The van der Waals surface area contributed by atoms with Gasteiger partial charge in [-0.1, -0.05) is 296 Å². The summed E-state index contributed by atoms with van der Waals surface area (Å²) in [4.78, 5) is 38.3. The molecule has 1 atom stereocenters. The van der Waals surface area contributed by atoms with Gasteiger partial charge in [0.1, 0.15) is 13.2 Å². The first-order valence-electron chi connectivity index (χ1n) is 33.2. The van der Waals surface area contributed by atoms with Crippen LogP contribution in [0.1, 0.15) is 297 Å². The Morgan fingerprint density at radius 3 is 0.762 bits per heavy atom. The van der Waals surface area contributed by atoms with Crippen molar-refractivity contribution in [2.75, 3.05) is 13.2 Å². The highest BCUT2D eigenvalue weighted by Crippen LogP contribution is 2.16. The van der Waals surface area contributed by atoms with Gasteiger partial charge >= 0.3 is 17.9 Å². The highest BCUT2D eigenvalue weighted by Gasteiger charge is 2.19. The van der Waals surface area contributed by atoms with Gasteiger partial charge < -0.3 is 14.2 Å². The minimum absolute atomic E-state index is 0.0848. The van der Waals surface area contributed by atoms with Gasteiger partial charge in [-0.3, -0.25) is 14.4 Å². The molecule has 0 radical (unpaired) electrons. The molecular formula is C74H122O6. The van der Waals surface area contributed by atoms with Gasteiger partial charge in [-0.25, -0.2) is 0 Å². The van der Waals surface area contributed by atoms with E-state index in [-0.39, 0.29) is 31.1 Å². The second kappa shape index (κ2) is 67.1. The lowest BCUT2D eigenvalue weighted by atomic mass is 10.0. The van der Waals surface area contributed by atoms with E-state index in [9.17, 15) is 14.4 Å². The Bertz CT molecular complexity index is 1700. The van der Waals surface area contributed by atoms with E-state index in [4.69, 9.17) is 14.2 Å². The Labute approximate surface area is 494 Å². The van der Waals surface area contributed by atoms with Crippen molar-refractivity contribution in [2.24, 2.45) is 0 Å². The summed E-state index contributed by atoms with van der Waals surface area (Å²) in [7, 11) is 0. The van der Waals surface area contributed by atoms with E-state index in [2.05, 4.69) is 154 Å². The van der Waals surface area contributed by atoms with Crippen LogP contribution < -0.4 is 0 Å². The zero-order valence-electron chi connectivity index (χ0n) is 52.0. The third kappa shape index (κ3) is 64.4. The quantitative estimate of drug-likeness (QED) is 0.0261. The van der Waals surface area contributed by atoms with Gasteiger partial charge in [-0.2, -0.15) is 0 Å². The highest BCUT2D eigenvalue weighted by atomic mass is 16.6. The van der Waals surface area contributed by atoms with Crippen LogP contribution >= 0.6 is 0 Å². The smallest absolute Gasteiger partial charge is 0.306 e. The maximum Gasteiger partial charge on any atom is 0.306 e. The van der Waals surface area contributed by atoms with E-state index < -0.39 is 6.10 Å². The molecule has 0 rings (SSSR count). The number of esters is 3. The Hall–Kier alpha value is -4.45. The minimum Gasteiger partial charge on any atom is -0.462 e. The lowest BCUT2D eigenvalue weighted by Crippen LogP contribution is -2.30. The summed E-state index contributed by atoms with van der Waals surface area (Å²) >= 11 is 0. The van der Waals surface area contributed by atoms with Crippen molar-refractivity contribution in [1.29, 1.82) is 0 Å². The predicted molar refractivity (Wildman–Crippen MR) is 348 cm³/mol. The molecule has 454 valence electrons. The van der Waals surface area contributed by atoms with Crippen molar-refractivity contribution in [2.45, 2.75) is 303 Å². The van der Waals surface area contributed by atoms with Crippen molar-refractivity contribution in [3.8, 4) is 0 Å². The van der Waals surface area contributed by atoms with Gasteiger partial charge in [-0.05, 0) is 116 Å². The molecule has 0 heterocycles. The SMILES string of the molecule is CC/C=C\C/C=C\C/C=C\C/C=C\C/C=C\C/C=C\C/C=C\CCCCCCCCCCCCCC(=O)OCC(COC(=O)CCCCCCCCCCCC)OC(=O)CCCCCCCC/C=C\C/C=C\C/C=C\C/C=C\CC. The highest BCUT2D eigenvalue weighted by molar-refractivity contribution is 5.71. The molecule has 6 nitrogen and oxygen atoms in total. The van der Waals surface area contributed by atoms with E-state index >= 15 is 0 Å². The fraction of sp³-hybridized carbons (Fsp3) is 0.662. The maximum atomic E-state index is 12.9.